The van der Waals surface area contributed by atoms with Gasteiger partial charge in [0.15, 0.2) is 0 Å². The zero-order valence-electron chi connectivity index (χ0n) is 17.6. The van der Waals surface area contributed by atoms with E-state index in [9.17, 15) is 13.6 Å². The van der Waals surface area contributed by atoms with Gasteiger partial charge in [-0.25, -0.2) is 4.98 Å². The summed E-state index contributed by atoms with van der Waals surface area (Å²) in [5.41, 5.74) is 0.481. The van der Waals surface area contributed by atoms with Gasteiger partial charge < -0.3 is 14.6 Å². The van der Waals surface area contributed by atoms with Gasteiger partial charge in [-0.3, -0.25) is 9.78 Å². The zero-order valence-corrected chi connectivity index (χ0v) is 18.3. The van der Waals surface area contributed by atoms with Crippen molar-refractivity contribution in [3.63, 3.8) is 0 Å². The number of aromatic nitrogens is 3. The molecule has 1 aliphatic carbocycles. The minimum atomic E-state index is -3.80. The topological polar surface area (TPSA) is 69.0 Å². The van der Waals surface area contributed by atoms with Crippen molar-refractivity contribution in [2.75, 3.05) is 5.32 Å². The van der Waals surface area contributed by atoms with Crippen molar-refractivity contribution in [3.8, 4) is 16.9 Å². The first-order chi connectivity index (χ1) is 15.7. The summed E-state index contributed by atoms with van der Waals surface area (Å²) >= 11 is 4.78. The van der Waals surface area contributed by atoms with Crippen molar-refractivity contribution in [1.29, 1.82) is 0 Å². The monoisotopic (exact) mass is 468 g/mol. The van der Waals surface area contributed by atoms with E-state index in [0.717, 1.165) is 29.5 Å². The van der Waals surface area contributed by atoms with Gasteiger partial charge in [0.05, 0.1) is 17.4 Å². The number of hydrogen-bond acceptors (Lipinski definition) is 4. The molecule has 168 valence electrons. The molecule has 4 aromatic rings. The highest BCUT2D eigenvalue weighted by molar-refractivity contribution is 6.20. The van der Waals surface area contributed by atoms with Crippen molar-refractivity contribution < 1.29 is 18.3 Å². The summed E-state index contributed by atoms with van der Waals surface area (Å²) in [6.07, 6.45) is 7.42. The summed E-state index contributed by atoms with van der Waals surface area (Å²) < 4.78 is 32.0. The molecule has 0 bridgehead atoms. The summed E-state index contributed by atoms with van der Waals surface area (Å²) in [4.78, 5) is 21.8. The molecule has 6 nitrogen and oxygen atoms in total. The second-order valence-corrected chi connectivity index (χ2v) is 8.71. The van der Waals surface area contributed by atoms with Crippen LogP contribution in [0.5, 0.6) is 5.75 Å². The standard InChI is InChI=1S/C24H19ClF2N4O2/c1-23(8-9-23)31-14-29-20-12-16(11-19(21(20)31)15-3-2-10-28-13-15)22(32)30-17-4-6-18(7-5-17)33-24(25,26)27/h2-7,10-14H,8-9H2,1H3,(H,30,32). The van der Waals surface area contributed by atoms with Crippen LogP contribution in [-0.2, 0) is 5.54 Å². The van der Waals surface area contributed by atoms with E-state index in [1.165, 1.54) is 24.3 Å². The molecule has 0 radical (unpaired) electrons. The number of imidazole rings is 1. The quantitative estimate of drug-likeness (QED) is 0.351. The zero-order chi connectivity index (χ0) is 23.2. The van der Waals surface area contributed by atoms with E-state index in [1.54, 1.807) is 18.5 Å². The number of anilines is 1. The predicted molar refractivity (Wildman–Crippen MR) is 122 cm³/mol. The molecule has 33 heavy (non-hydrogen) atoms. The lowest BCUT2D eigenvalue weighted by Gasteiger charge is -2.16. The van der Waals surface area contributed by atoms with Crippen LogP contribution >= 0.6 is 11.6 Å². The number of nitrogens with zero attached hydrogens (tertiary/aromatic N) is 3. The number of carbonyl (C=O) groups is 1. The second kappa shape index (κ2) is 7.81. The lowest BCUT2D eigenvalue weighted by atomic mass is 10.0. The van der Waals surface area contributed by atoms with Crippen molar-refractivity contribution in [2.24, 2.45) is 0 Å². The number of carbonyl (C=O) groups excluding carboxylic acids is 1. The molecule has 0 atom stereocenters. The van der Waals surface area contributed by atoms with Crippen molar-refractivity contribution in [3.05, 3.63) is 72.8 Å². The molecule has 9 heteroatoms. The van der Waals surface area contributed by atoms with Crippen LogP contribution in [0.1, 0.15) is 30.1 Å². The average Bonchev–Trinajstić information content (AvgIpc) is 3.37. The largest absolute Gasteiger partial charge is 0.487 e. The molecule has 2 aromatic heterocycles. The fraction of sp³-hybridized carbons (Fsp3) is 0.208. The smallest absolute Gasteiger partial charge is 0.420 e. The number of pyridine rings is 1. The Hall–Kier alpha value is -3.52. The molecular formula is C24H19ClF2N4O2. The number of hydrogen-bond donors (Lipinski definition) is 1. The molecule has 0 aliphatic heterocycles. The Kier molecular flexibility index (Phi) is 5.05. The van der Waals surface area contributed by atoms with E-state index in [0.29, 0.717) is 16.8 Å². The molecule has 5 rings (SSSR count). The van der Waals surface area contributed by atoms with E-state index in [2.05, 4.69) is 31.5 Å². The maximum absolute atomic E-state index is 13.0. The summed E-state index contributed by atoms with van der Waals surface area (Å²) in [5, 5.41) is 2.78. The third kappa shape index (κ3) is 4.39. The van der Waals surface area contributed by atoms with Crippen LogP contribution in [0.4, 0.5) is 14.5 Å². The molecule has 1 N–H and O–H groups in total. The van der Waals surface area contributed by atoms with Crippen LogP contribution in [0.15, 0.2) is 67.3 Å². The van der Waals surface area contributed by atoms with E-state index < -0.39 is 5.57 Å². The van der Waals surface area contributed by atoms with Crippen LogP contribution < -0.4 is 10.1 Å². The van der Waals surface area contributed by atoms with Crippen LogP contribution in [0, 0.1) is 0 Å². The molecule has 0 saturated heterocycles. The summed E-state index contributed by atoms with van der Waals surface area (Å²) in [5.74, 6) is -0.474. The van der Waals surface area contributed by atoms with E-state index >= 15 is 0 Å². The Bertz CT molecular complexity index is 1330. The van der Waals surface area contributed by atoms with Gasteiger partial charge in [-0.2, -0.15) is 0 Å². The van der Waals surface area contributed by atoms with Crippen molar-refractivity contribution in [1.82, 2.24) is 14.5 Å². The summed E-state index contributed by atoms with van der Waals surface area (Å²) in [6, 6.07) is 12.9. The van der Waals surface area contributed by atoms with Crippen molar-refractivity contribution >= 4 is 34.2 Å². The number of rotatable bonds is 6. The number of nitrogens with one attached hydrogen (secondary N) is 1. The Morgan fingerprint density at radius 1 is 1.21 bits per heavy atom. The highest BCUT2D eigenvalue weighted by Gasteiger charge is 2.40. The number of fused-ring (bicyclic) bond motifs is 1. The molecule has 2 aromatic carbocycles. The first kappa shape index (κ1) is 21.3. The highest BCUT2D eigenvalue weighted by Crippen LogP contribution is 2.46. The van der Waals surface area contributed by atoms with Gasteiger partial charge in [-0.1, -0.05) is 6.07 Å². The van der Waals surface area contributed by atoms with E-state index in [4.69, 9.17) is 11.6 Å². The fourth-order valence-electron chi connectivity index (χ4n) is 3.80. The molecular weight excluding hydrogens is 450 g/mol. The molecule has 2 heterocycles. The maximum atomic E-state index is 13.0. The Balaban J connectivity index is 1.49. The molecule has 0 unspecified atom stereocenters. The SMILES string of the molecule is CC1(n2cnc3cc(C(=O)Nc4ccc(OC(F)(F)Cl)cc4)cc(-c4cccnc4)c32)CC1. The first-order valence-corrected chi connectivity index (χ1v) is 10.7. The van der Waals surface area contributed by atoms with Gasteiger partial charge in [0.1, 0.15) is 5.75 Å². The molecule has 0 spiro atoms. The lowest BCUT2D eigenvalue weighted by Crippen LogP contribution is -2.16. The fourth-order valence-corrected chi connectivity index (χ4v) is 3.89. The molecule has 1 fully saturated rings. The van der Waals surface area contributed by atoms with Gasteiger partial charge in [0.25, 0.3) is 5.91 Å². The van der Waals surface area contributed by atoms with Crippen molar-refractivity contribution in [2.45, 2.75) is 30.9 Å². The van der Waals surface area contributed by atoms with Crippen LogP contribution in [-0.4, -0.2) is 26.0 Å². The van der Waals surface area contributed by atoms with Gasteiger partial charge >= 0.3 is 5.57 Å². The van der Waals surface area contributed by atoms with Gasteiger partial charge in [-0.15, -0.1) is 8.78 Å². The molecule has 1 aliphatic rings. The average molecular weight is 469 g/mol. The van der Waals surface area contributed by atoms with Crippen LogP contribution in [0.2, 0.25) is 0 Å². The predicted octanol–water partition coefficient (Wildman–Crippen LogP) is 6.03. The Morgan fingerprint density at radius 2 is 1.97 bits per heavy atom. The van der Waals surface area contributed by atoms with E-state index in [1.807, 2.05) is 24.5 Å². The number of ether oxygens (including phenoxy) is 1. The minimum absolute atomic E-state index is 0.0269. The number of alkyl halides is 3. The Labute approximate surface area is 193 Å². The maximum Gasteiger partial charge on any atom is 0.487 e. The third-order valence-corrected chi connectivity index (χ3v) is 5.86. The van der Waals surface area contributed by atoms with Gasteiger partial charge in [0.2, 0.25) is 0 Å². The van der Waals surface area contributed by atoms with E-state index in [-0.39, 0.29) is 17.2 Å². The first-order valence-electron chi connectivity index (χ1n) is 10.3. The van der Waals surface area contributed by atoms with Crippen LogP contribution in [0.3, 0.4) is 0 Å². The summed E-state index contributed by atoms with van der Waals surface area (Å²) in [7, 11) is 0. The minimum Gasteiger partial charge on any atom is -0.420 e. The highest BCUT2D eigenvalue weighted by atomic mass is 35.5. The molecule has 1 amide bonds. The summed E-state index contributed by atoms with van der Waals surface area (Å²) in [6.45, 7) is 2.19. The number of benzene rings is 2. The lowest BCUT2D eigenvalue weighted by molar-refractivity contribution is -0.0964. The second-order valence-electron chi connectivity index (χ2n) is 8.27. The Morgan fingerprint density at radius 3 is 2.61 bits per heavy atom. The number of amides is 1. The third-order valence-electron chi connectivity index (χ3n) is 5.78. The van der Waals surface area contributed by atoms with Gasteiger partial charge in [-0.05, 0) is 62.2 Å². The number of halogens is 3. The normalized spacial score (nSPS) is 14.8. The van der Waals surface area contributed by atoms with Crippen LogP contribution in [0.25, 0.3) is 22.2 Å². The van der Waals surface area contributed by atoms with Gasteiger partial charge in [0, 0.05) is 51.9 Å². The molecule has 1 saturated carbocycles.